The Bertz CT molecular complexity index is 449. The molecule has 2 aliphatic rings. The Hall–Kier alpha value is -0.340. The van der Waals surface area contributed by atoms with Crippen LogP contribution in [-0.4, -0.2) is 40.7 Å². The van der Waals surface area contributed by atoms with Crippen molar-refractivity contribution in [1.82, 2.24) is 0 Å². The molecule has 0 aromatic rings. The molecule has 23 heavy (non-hydrogen) atoms. The molecule has 0 N–H and O–H groups in total. The van der Waals surface area contributed by atoms with E-state index in [1.165, 1.54) is 6.92 Å². The minimum absolute atomic E-state index is 0.0576. The molecule has 2 nitrogen and oxygen atoms in total. The molecule has 0 saturated heterocycles. The van der Waals surface area contributed by atoms with Crippen LogP contribution in [0.25, 0.3) is 0 Å². The Morgan fingerprint density at radius 3 is 2.17 bits per heavy atom. The Kier molecular flexibility index (Phi) is 6.35. The zero-order chi connectivity index (χ0) is 17.3. The molecule has 132 valence electrons. The molecule has 2 saturated carbocycles. The summed E-state index contributed by atoms with van der Waals surface area (Å²) in [4.78, 5) is 11.5. The summed E-state index contributed by atoms with van der Waals surface area (Å²) in [6.07, 6.45) is -7.15. The van der Waals surface area contributed by atoms with Crippen molar-refractivity contribution in [3.8, 4) is 0 Å². The van der Waals surface area contributed by atoms with Crippen LogP contribution < -0.4 is 0 Å². The highest BCUT2D eigenvalue weighted by Crippen LogP contribution is 2.44. The van der Waals surface area contributed by atoms with Crippen molar-refractivity contribution in [2.24, 2.45) is 11.8 Å². The van der Waals surface area contributed by atoms with Gasteiger partial charge in [-0.05, 0) is 44.4 Å². The van der Waals surface area contributed by atoms with Gasteiger partial charge in [0.05, 0.1) is 3.92 Å². The van der Waals surface area contributed by atoms with Gasteiger partial charge in [-0.25, -0.2) is 22.4 Å². The molecule has 6 atom stereocenters. The predicted octanol–water partition coefficient (Wildman–Crippen LogP) is 4.45. The molecule has 0 aliphatic heterocycles. The number of carbonyl (C=O) groups excluding carboxylic acids is 1. The molecule has 0 aromatic heterocycles. The van der Waals surface area contributed by atoms with Gasteiger partial charge in [-0.2, -0.15) is 0 Å². The van der Waals surface area contributed by atoms with Gasteiger partial charge >= 0.3 is 5.97 Å². The summed E-state index contributed by atoms with van der Waals surface area (Å²) in [6.45, 7) is 4.83. The molecule has 0 aromatic carbocycles. The van der Waals surface area contributed by atoms with Crippen molar-refractivity contribution in [1.29, 1.82) is 0 Å². The quantitative estimate of drug-likeness (QED) is 0.210. The molecule has 2 aliphatic carbocycles. The first-order chi connectivity index (χ1) is 10.7. The van der Waals surface area contributed by atoms with Gasteiger partial charge < -0.3 is 4.74 Å². The van der Waals surface area contributed by atoms with Gasteiger partial charge in [0.15, 0.2) is 6.17 Å². The Balaban J connectivity index is 1.99. The molecule has 0 amide bonds. The second-order valence-corrected chi connectivity index (χ2v) is 8.00. The molecule has 2 rings (SSSR count). The third kappa shape index (κ3) is 4.20. The minimum atomic E-state index is -1.97. The van der Waals surface area contributed by atoms with Crippen molar-refractivity contribution in [3.05, 3.63) is 12.2 Å². The fourth-order valence-corrected chi connectivity index (χ4v) is 4.07. The van der Waals surface area contributed by atoms with Gasteiger partial charge in [0.2, 0.25) is 0 Å². The number of carbonyl (C=O) groups is 1. The first kappa shape index (κ1) is 19.0. The van der Waals surface area contributed by atoms with E-state index in [1.54, 1.807) is 22.6 Å². The van der Waals surface area contributed by atoms with Crippen LogP contribution in [0, 0.1) is 11.8 Å². The van der Waals surface area contributed by atoms with E-state index in [-0.39, 0.29) is 31.3 Å². The lowest BCUT2D eigenvalue weighted by Gasteiger charge is -2.42. The highest BCUT2D eigenvalue weighted by molar-refractivity contribution is 14.1. The van der Waals surface area contributed by atoms with Crippen LogP contribution in [0.3, 0.4) is 0 Å². The van der Waals surface area contributed by atoms with Crippen molar-refractivity contribution in [2.45, 2.75) is 67.3 Å². The molecule has 6 unspecified atom stereocenters. The zero-order valence-electron chi connectivity index (χ0n) is 12.9. The first-order valence-corrected chi connectivity index (χ1v) is 9.03. The molecule has 7 heteroatoms. The highest BCUT2D eigenvalue weighted by atomic mass is 127. The fraction of sp³-hybridized carbons (Fsp3) is 0.812. The largest absolute Gasteiger partial charge is 0.456 e. The van der Waals surface area contributed by atoms with Crippen LogP contribution in [0.15, 0.2) is 12.2 Å². The summed E-state index contributed by atoms with van der Waals surface area (Å²) in [7, 11) is 0. The third-order valence-corrected chi connectivity index (χ3v) is 6.37. The van der Waals surface area contributed by atoms with Crippen molar-refractivity contribution in [3.63, 3.8) is 0 Å². The predicted molar refractivity (Wildman–Crippen MR) is 87.5 cm³/mol. The number of hydrogen-bond donors (Lipinski definition) is 0. The second kappa shape index (κ2) is 7.70. The van der Waals surface area contributed by atoms with E-state index < -0.39 is 52.5 Å². The Labute approximate surface area is 147 Å². The van der Waals surface area contributed by atoms with Crippen LogP contribution in [-0.2, 0) is 9.53 Å². The number of esters is 1. The van der Waals surface area contributed by atoms with E-state index in [1.807, 2.05) is 0 Å². The molecule has 0 heterocycles. The summed E-state index contributed by atoms with van der Waals surface area (Å²) in [5.41, 5.74) is 0.121. The van der Waals surface area contributed by atoms with Gasteiger partial charge in [-0.15, -0.1) is 0 Å². The van der Waals surface area contributed by atoms with Crippen LogP contribution in [0.2, 0.25) is 0 Å². The number of rotatable bonds is 3. The fourth-order valence-electron chi connectivity index (χ4n) is 3.48. The van der Waals surface area contributed by atoms with E-state index in [2.05, 4.69) is 6.58 Å². The molecule has 2 fully saturated rings. The summed E-state index contributed by atoms with van der Waals surface area (Å²) in [5.74, 6) is -2.00. The lowest BCUT2D eigenvalue weighted by Crippen LogP contribution is -2.48. The molecular weight excluding hydrogens is 427 g/mol. The lowest BCUT2D eigenvalue weighted by atomic mass is 9.70. The van der Waals surface area contributed by atoms with E-state index in [9.17, 15) is 22.4 Å². The lowest BCUT2D eigenvalue weighted by molar-refractivity contribution is -0.155. The van der Waals surface area contributed by atoms with Gasteiger partial charge in [0.1, 0.15) is 24.6 Å². The molecular formula is C16H21F4IO2. The van der Waals surface area contributed by atoms with Gasteiger partial charge in [0.25, 0.3) is 0 Å². The smallest absolute Gasteiger partial charge is 0.333 e. The van der Waals surface area contributed by atoms with Crippen LogP contribution in [0.1, 0.15) is 32.6 Å². The second-order valence-electron chi connectivity index (χ2n) is 6.56. The maximum absolute atomic E-state index is 14.4. The molecule has 0 radical (unpaired) electrons. The van der Waals surface area contributed by atoms with Crippen molar-refractivity contribution in [2.75, 3.05) is 0 Å². The van der Waals surface area contributed by atoms with Crippen molar-refractivity contribution >= 4 is 28.6 Å². The SMILES string of the molecule is C=C(C)C(=O)OC1CCC(C2CC(F)C(I)C(F)C2)C(F)C1F. The Morgan fingerprint density at radius 1 is 1.09 bits per heavy atom. The monoisotopic (exact) mass is 448 g/mol. The topological polar surface area (TPSA) is 26.3 Å². The first-order valence-electron chi connectivity index (χ1n) is 7.79. The van der Waals surface area contributed by atoms with E-state index in [4.69, 9.17) is 4.74 Å². The summed E-state index contributed by atoms with van der Waals surface area (Å²) < 4.78 is 60.6. The number of ether oxygens (including phenoxy) is 1. The average molecular weight is 448 g/mol. The van der Waals surface area contributed by atoms with E-state index >= 15 is 0 Å². The number of alkyl halides is 5. The third-order valence-electron chi connectivity index (χ3n) is 4.81. The van der Waals surface area contributed by atoms with Gasteiger partial charge in [-0.1, -0.05) is 29.2 Å². The van der Waals surface area contributed by atoms with E-state index in [0.717, 1.165) is 0 Å². The summed E-state index contributed by atoms with van der Waals surface area (Å²) >= 11 is 1.74. The molecule has 0 bridgehead atoms. The number of hydrogen-bond acceptors (Lipinski definition) is 2. The van der Waals surface area contributed by atoms with Crippen LogP contribution in [0.4, 0.5) is 17.6 Å². The van der Waals surface area contributed by atoms with Crippen molar-refractivity contribution < 1.29 is 27.1 Å². The van der Waals surface area contributed by atoms with E-state index in [0.29, 0.717) is 0 Å². The Morgan fingerprint density at radius 2 is 1.65 bits per heavy atom. The van der Waals surface area contributed by atoms with Crippen LogP contribution >= 0.6 is 22.6 Å². The van der Waals surface area contributed by atoms with Gasteiger partial charge in [0, 0.05) is 5.57 Å². The summed E-state index contributed by atoms with van der Waals surface area (Å²) in [6, 6.07) is 0. The minimum Gasteiger partial charge on any atom is -0.456 e. The summed E-state index contributed by atoms with van der Waals surface area (Å²) in [5, 5.41) is 0. The average Bonchev–Trinajstić information content (AvgIpc) is 2.49. The maximum atomic E-state index is 14.4. The standard InChI is InChI=1S/C16H21F4IO2/c1-7(2)16(22)23-12-4-3-9(13(19)14(12)20)8-5-10(17)15(21)11(18)6-8/h8-15H,1,3-6H2,2H3. The van der Waals surface area contributed by atoms with Crippen LogP contribution in [0.5, 0.6) is 0 Å². The molecule has 0 spiro atoms. The normalized spacial score (nSPS) is 44.6. The zero-order valence-corrected chi connectivity index (χ0v) is 15.0. The highest BCUT2D eigenvalue weighted by Gasteiger charge is 2.48. The maximum Gasteiger partial charge on any atom is 0.333 e. The van der Waals surface area contributed by atoms with Gasteiger partial charge in [-0.3, -0.25) is 0 Å². The number of halogens is 5.